The summed E-state index contributed by atoms with van der Waals surface area (Å²) in [6, 6.07) is 15.4. The highest BCUT2D eigenvalue weighted by Gasteiger charge is 2.21. The molecule has 0 aliphatic carbocycles. The van der Waals surface area contributed by atoms with E-state index in [0.29, 0.717) is 5.02 Å². The summed E-state index contributed by atoms with van der Waals surface area (Å²) in [6.07, 6.45) is 2.83. The first-order chi connectivity index (χ1) is 9.28. The van der Waals surface area contributed by atoms with Gasteiger partial charge in [0.2, 0.25) is 0 Å². The molecule has 1 heterocycles. The summed E-state index contributed by atoms with van der Waals surface area (Å²) in [5.74, 6) is 0. The Morgan fingerprint density at radius 1 is 1.05 bits per heavy atom. The minimum absolute atomic E-state index is 0.121. The van der Waals surface area contributed by atoms with Gasteiger partial charge >= 0.3 is 0 Å². The number of benzene rings is 2. The van der Waals surface area contributed by atoms with Crippen LogP contribution in [0.15, 0.2) is 54.1 Å². The number of para-hydroxylation sites is 1. The predicted molar refractivity (Wildman–Crippen MR) is 78.3 cm³/mol. The Kier molecular flexibility index (Phi) is 3.10. The van der Waals surface area contributed by atoms with Crippen LogP contribution in [0.3, 0.4) is 0 Å². The highest BCUT2D eigenvalue weighted by molar-refractivity contribution is 6.30. The third-order valence-corrected chi connectivity index (χ3v) is 3.51. The number of hydrogen-bond acceptors (Lipinski definition) is 2. The Balaban J connectivity index is 2.04. The zero-order valence-corrected chi connectivity index (χ0v) is 10.9. The van der Waals surface area contributed by atoms with Gasteiger partial charge in [-0.3, -0.25) is 4.79 Å². The number of rotatable bonds is 2. The monoisotopic (exact) mass is 269 g/mol. The van der Waals surface area contributed by atoms with E-state index in [1.54, 1.807) is 0 Å². The highest BCUT2D eigenvalue weighted by atomic mass is 35.5. The lowest BCUT2D eigenvalue weighted by Crippen LogP contribution is -2.18. The Morgan fingerprint density at radius 2 is 1.79 bits per heavy atom. The number of hydrogen-bond donors (Lipinski definition) is 1. The van der Waals surface area contributed by atoms with Crippen molar-refractivity contribution in [3.63, 3.8) is 0 Å². The van der Waals surface area contributed by atoms with Crippen LogP contribution in [0.1, 0.15) is 17.2 Å². The summed E-state index contributed by atoms with van der Waals surface area (Å²) in [6.45, 7) is 0. The third kappa shape index (κ3) is 2.27. The van der Waals surface area contributed by atoms with Crippen LogP contribution in [0.2, 0.25) is 5.02 Å². The molecule has 2 aromatic rings. The molecule has 2 aromatic carbocycles. The van der Waals surface area contributed by atoms with Crippen LogP contribution in [-0.2, 0) is 4.79 Å². The quantitative estimate of drug-likeness (QED) is 0.832. The van der Waals surface area contributed by atoms with Crippen molar-refractivity contribution in [2.45, 2.75) is 6.04 Å². The number of nitrogens with one attached hydrogen (secondary N) is 1. The van der Waals surface area contributed by atoms with E-state index < -0.39 is 0 Å². The van der Waals surface area contributed by atoms with E-state index in [1.165, 1.54) is 0 Å². The molecule has 0 spiro atoms. The number of halogens is 1. The number of carbonyl (C=O) groups is 1. The van der Waals surface area contributed by atoms with E-state index in [2.05, 4.69) is 5.32 Å². The fraction of sp³-hybridized carbons (Fsp3) is 0.0625. The van der Waals surface area contributed by atoms with Crippen LogP contribution < -0.4 is 5.32 Å². The van der Waals surface area contributed by atoms with Gasteiger partial charge in [0.05, 0.1) is 6.04 Å². The predicted octanol–water partition coefficient (Wildman–Crippen LogP) is 4.09. The molecule has 3 heteroatoms. The van der Waals surface area contributed by atoms with Crippen LogP contribution in [-0.4, -0.2) is 6.29 Å². The summed E-state index contributed by atoms with van der Waals surface area (Å²) < 4.78 is 0. The summed E-state index contributed by atoms with van der Waals surface area (Å²) in [5.41, 5.74) is 3.82. The van der Waals surface area contributed by atoms with Crippen molar-refractivity contribution in [1.29, 1.82) is 0 Å². The second-order valence-electron chi connectivity index (χ2n) is 4.48. The third-order valence-electron chi connectivity index (χ3n) is 3.26. The Labute approximate surface area is 116 Å². The van der Waals surface area contributed by atoms with Gasteiger partial charge in [-0.15, -0.1) is 0 Å². The van der Waals surface area contributed by atoms with E-state index >= 15 is 0 Å². The second kappa shape index (κ2) is 4.90. The molecule has 1 aliphatic heterocycles. The molecule has 2 nitrogen and oxygen atoms in total. The second-order valence-corrected chi connectivity index (χ2v) is 4.91. The van der Waals surface area contributed by atoms with E-state index in [9.17, 15) is 4.79 Å². The van der Waals surface area contributed by atoms with E-state index in [4.69, 9.17) is 11.6 Å². The number of anilines is 1. The molecule has 0 aromatic heterocycles. The smallest absolute Gasteiger partial charge is 0.148 e. The molecular formula is C16H12ClNO. The van der Waals surface area contributed by atoms with E-state index in [1.807, 2.05) is 54.6 Å². The molecule has 1 aliphatic rings. The molecule has 3 rings (SSSR count). The largest absolute Gasteiger partial charge is 0.374 e. The van der Waals surface area contributed by atoms with Crippen molar-refractivity contribution in [2.75, 3.05) is 5.32 Å². The van der Waals surface area contributed by atoms with Crippen molar-refractivity contribution >= 4 is 29.7 Å². The van der Waals surface area contributed by atoms with Crippen molar-refractivity contribution in [3.8, 4) is 0 Å². The average molecular weight is 270 g/mol. The molecule has 1 atom stereocenters. The Bertz CT molecular complexity index is 646. The fourth-order valence-corrected chi connectivity index (χ4v) is 2.42. The van der Waals surface area contributed by atoms with Crippen molar-refractivity contribution < 1.29 is 4.79 Å². The lowest BCUT2D eigenvalue weighted by molar-refractivity contribution is -0.105. The molecule has 0 radical (unpaired) electrons. The molecule has 0 saturated carbocycles. The molecule has 0 amide bonds. The first-order valence-corrected chi connectivity index (χ1v) is 6.43. The van der Waals surface area contributed by atoms with Gasteiger partial charge in [-0.25, -0.2) is 0 Å². The molecule has 94 valence electrons. The van der Waals surface area contributed by atoms with Crippen molar-refractivity contribution in [1.82, 2.24) is 0 Å². The Hall–Kier alpha value is -2.06. The molecule has 19 heavy (non-hydrogen) atoms. The number of carbonyl (C=O) groups excluding carboxylic acids is 1. The van der Waals surface area contributed by atoms with Crippen LogP contribution in [0.5, 0.6) is 0 Å². The first-order valence-electron chi connectivity index (χ1n) is 6.06. The highest BCUT2D eigenvalue weighted by Crippen LogP contribution is 2.34. The molecule has 0 saturated heterocycles. The van der Waals surface area contributed by atoms with Gasteiger partial charge in [-0.2, -0.15) is 0 Å². The van der Waals surface area contributed by atoms with Gasteiger partial charge in [0.1, 0.15) is 6.29 Å². The maximum atomic E-state index is 11.3. The lowest BCUT2D eigenvalue weighted by atomic mass is 9.93. The summed E-state index contributed by atoms with van der Waals surface area (Å²) in [7, 11) is 0. The van der Waals surface area contributed by atoms with Gasteiger partial charge in [0.15, 0.2) is 0 Å². The fourth-order valence-electron chi connectivity index (χ4n) is 2.29. The average Bonchev–Trinajstić information content (AvgIpc) is 2.46. The van der Waals surface area contributed by atoms with Gasteiger partial charge < -0.3 is 5.32 Å². The van der Waals surface area contributed by atoms with E-state index in [-0.39, 0.29) is 6.04 Å². The molecule has 0 fully saturated rings. The molecule has 1 unspecified atom stereocenters. The topological polar surface area (TPSA) is 29.1 Å². The van der Waals surface area contributed by atoms with Gasteiger partial charge in [0, 0.05) is 16.3 Å². The zero-order chi connectivity index (χ0) is 13.2. The maximum Gasteiger partial charge on any atom is 0.148 e. The minimum atomic E-state index is -0.121. The van der Waals surface area contributed by atoms with Crippen LogP contribution >= 0.6 is 11.6 Å². The van der Waals surface area contributed by atoms with Crippen molar-refractivity contribution in [2.24, 2.45) is 0 Å². The summed E-state index contributed by atoms with van der Waals surface area (Å²) >= 11 is 5.90. The van der Waals surface area contributed by atoms with Crippen LogP contribution in [0.25, 0.3) is 6.08 Å². The standard InChI is InChI=1S/C16H12ClNO/c17-14-7-5-11(6-8-14)16-13(10-19)9-12-3-1-2-4-15(12)18-16/h1-10,16,18H. The van der Waals surface area contributed by atoms with Gasteiger partial charge in [0.25, 0.3) is 0 Å². The summed E-state index contributed by atoms with van der Waals surface area (Å²) in [4.78, 5) is 11.3. The molecular weight excluding hydrogens is 258 g/mol. The van der Waals surface area contributed by atoms with Crippen LogP contribution in [0.4, 0.5) is 5.69 Å². The van der Waals surface area contributed by atoms with Crippen LogP contribution in [0, 0.1) is 0 Å². The van der Waals surface area contributed by atoms with Gasteiger partial charge in [-0.1, -0.05) is 41.9 Å². The molecule has 1 N–H and O–H groups in total. The lowest BCUT2D eigenvalue weighted by Gasteiger charge is -2.26. The first kappa shape index (κ1) is 12.0. The normalized spacial score (nSPS) is 17.1. The molecule has 0 bridgehead atoms. The Morgan fingerprint density at radius 3 is 2.53 bits per heavy atom. The maximum absolute atomic E-state index is 11.3. The van der Waals surface area contributed by atoms with Crippen molar-refractivity contribution in [3.05, 3.63) is 70.3 Å². The number of aldehydes is 1. The number of fused-ring (bicyclic) bond motifs is 1. The van der Waals surface area contributed by atoms with E-state index in [0.717, 1.165) is 28.7 Å². The minimum Gasteiger partial charge on any atom is -0.374 e. The zero-order valence-electron chi connectivity index (χ0n) is 10.1. The SMILES string of the molecule is O=CC1=Cc2ccccc2NC1c1ccc(Cl)cc1. The summed E-state index contributed by atoms with van der Waals surface area (Å²) in [5, 5.41) is 4.08. The van der Waals surface area contributed by atoms with Gasteiger partial charge in [-0.05, 0) is 35.4 Å².